The van der Waals surface area contributed by atoms with E-state index in [0.717, 1.165) is 13.0 Å². The molecule has 19 heavy (non-hydrogen) atoms. The third-order valence-electron chi connectivity index (χ3n) is 3.85. The van der Waals surface area contributed by atoms with Crippen LogP contribution in [-0.2, 0) is 4.79 Å². The van der Waals surface area contributed by atoms with Gasteiger partial charge in [-0.05, 0) is 37.8 Å². The summed E-state index contributed by atoms with van der Waals surface area (Å²) in [5.74, 6) is 0.527. The fraction of sp³-hybridized carbons (Fsp3) is 0.562. The average Bonchev–Trinajstić information content (AvgIpc) is 2.89. The Morgan fingerprint density at radius 3 is 2.79 bits per heavy atom. The predicted octanol–water partition coefficient (Wildman–Crippen LogP) is 2.36. The zero-order valence-corrected chi connectivity index (χ0v) is 11.9. The first-order valence-corrected chi connectivity index (χ1v) is 7.22. The molecule has 1 fully saturated rings. The Bertz CT molecular complexity index is 407. The lowest BCUT2D eigenvalue weighted by Gasteiger charge is -2.15. The van der Waals surface area contributed by atoms with Crippen LogP contribution in [0.5, 0.6) is 0 Å². The van der Waals surface area contributed by atoms with Gasteiger partial charge < -0.3 is 10.6 Å². The standard InChI is InChI=1S/C16H24N2O/c1-12-5-7-14(8-6-12)13(2)11-18-16(19)10-15-4-3-9-17-15/h5-8,13,15,17H,3-4,9-11H2,1-2H3,(H,18,19). The van der Waals surface area contributed by atoms with Gasteiger partial charge in [-0.25, -0.2) is 0 Å². The van der Waals surface area contributed by atoms with Crippen LogP contribution in [0.3, 0.4) is 0 Å². The Morgan fingerprint density at radius 2 is 2.16 bits per heavy atom. The fourth-order valence-corrected chi connectivity index (χ4v) is 2.51. The molecule has 0 bridgehead atoms. The van der Waals surface area contributed by atoms with Gasteiger partial charge in [0.2, 0.25) is 5.91 Å². The molecule has 1 aromatic rings. The van der Waals surface area contributed by atoms with Crippen LogP contribution in [0.4, 0.5) is 0 Å². The Balaban J connectivity index is 1.74. The summed E-state index contributed by atoms with van der Waals surface area (Å²) in [6.45, 7) is 6.01. The third-order valence-corrected chi connectivity index (χ3v) is 3.85. The number of hydrogen-bond donors (Lipinski definition) is 2. The Morgan fingerprint density at radius 1 is 1.42 bits per heavy atom. The first kappa shape index (κ1) is 14.1. The first-order chi connectivity index (χ1) is 9.15. The van der Waals surface area contributed by atoms with Crippen molar-refractivity contribution < 1.29 is 4.79 Å². The zero-order valence-electron chi connectivity index (χ0n) is 11.9. The second-order valence-corrected chi connectivity index (χ2v) is 5.61. The van der Waals surface area contributed by atoms with Gasteiger partial charge in [0.15, 0.2) is 0 Å². The molecule has 1 heterocycles. The van der Waals surface area contributed by atoms with E-state index >= 15 is 0 Å². The highest BCUT2D eigenvalue weighted by atomic mass is 16.1. The molecular weight excluding hydrogens is 236 g/mol. The molecule has 2 atom stereocenters. The van der Waals surface area contributed by atoms with Crippen molar-refractivity contribution in [1.29, 1.82) is 0 Å². The molecule has 0 aromatic heterocycles. The number of amides is 1. The lowest BCUT2D eigenvalue weighted by Crippen LogP contribution is -2.33. The van der Waals surface area contributed by atoms with Crippen LogP contribution in [0, 0.1) is 6.92 Å². The van der Waals surface area contributed by atoms with Crippen molar-refractivity contribution in [2.24, 2.45) is 0 Å². The summed E-state index contributed by atoms with van der Waals surface area (Å²) in [5.41, 5.74) is 2.55. The molecule has 3 heteroatoms. The van der Waals surface area contributed by atoms with Crippen molar-refractivity contribution in [3.8, 4) is 0 Å². The highest BCUT2D eigenvalue weighted by Crippen LogP contribution is 2.15. The molecule has 0 radical (unpaired) electrons. The number of carbonyl (C=O) groups is 1. The second kappa shape index (κ2) is 6.71. The molecule has 1 amide bonds. The number of carbonyl (C=O) groups excluding carboxylic acids is 1. The fourth-order valence-electron chi connectivity index (χ4n) is 2.51. The number of hydrogen-bond acceptors (Lipinski definition) is 2. The smallest absolute Gasteiger partial charge is 0.221 e. The molecule has 0 aliphatic carbocycles. The summed E-state index contributed by atoms with van der Waals surface area (Å²) in [6, 6.07) is 8.91. The maximum atomic E-state index is 11.8. The van der Waals surface area contributed by atoms with Crippen molar-refractivity contribution in [2.75, 3.05) is 13.1 Å². The van der Waals surface area contributed by atoms with Crippen LogP contribution < -0.4 is 10.6 Å². The maximum absolute atomic E-state index is 11.8. The van der Waals surface area contributed by atoms with Gasteiger partial charge in [0.1, 0.15) is 0 Å². The van der Waals surface area contributed by atoms with E-state index in [0.29, 0.717) is 24.9 Å². The van der Waals surface area contributed by atoms with Gasteiger partial charge in [0.25, 0.3) is 0 Å². The van der Waals surface area contributed by atoms with Crippen molar-refractivity contribution >= 4 is 5.91 Å². The summed E-state index contributed by atoms with van der Waals surface area (Å²) in [5, 5.41) is 6.40. The number of nitrogens with one attached hydrogen (secondary N) is 2. The summed E-state index contributed by atoms with van der Waals surface area (Å²) in [7, 11) is 0. The van der Waals surface area contributed by atoms with Crippen molar-refractivity contribution in [3.63, 3.8) is 0 Å². The first-order valence-electron chi connectivity index (χ1n) is 7.22. The largest absolute Gasteiger partial charge is 0.355 e. The molecule has 2 N–H and O–H groups in total. The van der Waals surface area contributed by atoms with E-state index < -0.39 is 0 Å². The van der Waals surface area contributed by atoms with Crippen LogP contribution in [0.1, 0.15) is 43.2 Å². The topological polar surface area (TPSA) is 41.1 Å². The quantitative estimate of drug-likeness (QED) is 0.853. The van der Waals surface area contributed by atoms with E-state index in [4.69, 9.17) is 0 Å². The summed E-state index contributed by atoms with van der Waals surface area (Å²) in [6.07, 6.45) is 2.93. The molecular formula is C16H24N2O. The highest BCUT2D eigenvalue weighted by molar-refractivity contribution is 5.76. The second-order valence-electron chi connectivity index (χ2n) is 5.61. The molecule has 104 valence electrons. The van der Waals surface area contributed by atoms with Crippen LogP contribution in [0.15, 0.2) is 24.3 Å². The molecule has 2 unspecified atom stereocenters. The number of rotatable bonds is 5. The minimum atomic E-state index is 0.165. The van der Waals surface area contributed by atoms with Crippen LogP contribution in [-0.4, -0.2) is 25.0 Å². The Hall–Kier alpha value is -1.35. The highest BCUT2D eigenvalue weighted by Gasteiger charge is 2.17. The van der Waals surface area contributed by atoms with E-state index in [1.807, 2.05) is 0 Å². The van der Waals surface area contributed by atoms with Gasteiger partial charge >= 0.3 is 0 Å². The van der Waals surface area contributed by atoms with E-state index in [1.165, 1.54) is 17.5 Å². The van der Waals surface area contributed by atoms with Gasteiger partial charge in [0.05, 0.1) is 0 Å². The molecule has 1 saturated heterocycles. The van der Waals surface area contributed by atoms with E-state index in [1.54, 1.807) is 0 Å². The molecule has 1 aromatic carbocycles. The Kier molecular flexibility index (Phi) is 4.97. The minimum absolute atomic E-state index is 0.165. The van der Waals surface area contributed by atoms with Gasteiger partial charge in [-0.15, -0.1) is 0 Å². The van der Waals surface area contributed by atoms with Crippen molar-refractivity contribution in [2.45, 2.75) is 45.1 Å². The zero-order chi connectivity index (χ0) is 13.7. The molecule has 3 nitrogen and oxygen atoms in total. The van der Waals surface area contributed by atoms with Crippen LogP contribution >= 0.6 is 0 Å². The van der Waals surface area contributed by atoms with Gasteiger partial charge in [-0.2, -0.15) is 0 Å². The molecule has 1 aliphatic rings. The average molecular weight is 260 g/mol. The number of benzene rings is 1. The minimum Gasteiger partial charge on any atom is -0.355 e. The normalized spacial score (nSPS) is 20.2. The van der Waals surface area contributed by atoms with E-state index in [9.17, 15) is 4.79 Å². The van der Waals surface area contributed by atoms with Crippen molar-refractivity contribution in [1.82, 2.24) is 10.6 Å². The molecule has 0 spiro atoms. The molecule has 0 saturated carbocycles. The van der Waals surface area contributed by atoms with Gasteiger partial charge in [-0.3, -0.25) is 4.79 Å². The van der Waals surface area contributed by atoms with Gasteiger partial charge in [0, 0.05) is 19.0 Å². The van der Waals surface area contributed by atoms with Gasteiger partial charge in [-0.1, -0.05) is 36.8 Å². The number of aryl methyl sites for hydroxylation is 1. The lowest BCUT2D eigenvalue weighted by molar-refractivity contribution is -0.121. The maximum Gasteiger partial charge on any atom is 0.221 e. The van der Waals surface area contributed by atoms with E-state index in [-0.39, 0.29) is 5.91 Å². The summed E-state index contributed by atoms with van der Waals surface area (Å²) in [4.78, 5) is 11.8. The van der Waals surface area contributed by atoms with Crippen LogP contribution in [0.25, 0.3) is 0 Å². The van der Waals surface area contributed by atoms with Crippen molar-refractivity contribution in [3.05, 3.63) is 35.4 Å². The summed E-state index contributed by atoms with van der Waals surface area (Å²) < 4.78 is 0. The SMILES string of the molecule is Cc1ccc(C(C)CNC(=O)CC2CCCN2)cc1. The van der Waals surface area contributed by atoms with E-state index in [2.05, 4.69) is 48.7 Å². The Labute approximate surface area is 115 Å². The summed E-state index contributed by atoms with van der Waals surface area (Å²) >= 11 is 0. The third kappa shape index (κ3) is 4.35. The monoisotopic (exact) mass is 260 g/mol. The molecule has 1 aliphatic heterocycles. The van der Waals surface area contributed by atoms with Crippen LogP contribution in [0.2, 0.25) is 0 Å². The lowest BCUT2D eigenvalue weighted by atomic mass is 10.00. The predicted molar refractivity (Wildman–Crippen MR) is 78.2 cm³/mol. The molecule has 2 rings (SSSR count).